The van der Waals surface area contributed by atoms with Gasteiger partial charge in [0.05, 0.1) is 24.0 Å². The van der Waals surface area contributed by atoms with E-state index in [1.807, 2.05) is 60.7 Å². The van der Waals surface area contributed by atoms with Gasteiger partial charge in [-0.25, -0.2) is 8.42 Å². The molecule has 30 heavy (non-hydrogen) atoms. The fourth-order valence-electron chi connectivity index (χ4n) is 3.58. The minimum absolute atomic E-state index is 0.568. The normalized spacial score (nSPS) is 13.6. The molecule has 0 saturated heterocycles. The van der Waals surface area contributed by atoms with E-state index >= 15 is 0 Å². The predicted molar refractivity (Wildman–Crippen MR) is 139 cm³/mol. The fraction of sp³-hybridized carbons (Fsp3) is 0.0909. The molecule has 0 amide bonds. The number of hydrogen-bond donors (Lipinski definition) is 0. The summed E-state index contributed by atoms with van der Waals surface area (Å²) < 4.78 is 38.2. The molecule has 0 radical (unpaired) electrons. The van der Waals surface area contributed by atoms with Gasteiger partial charge in [0.25, 0.3) is 0 Å². The Bertz CT molecular complexity index is 1230. The van der Waals surface area contributed by atoms with Crippen LogP contribution in [0, 0.1) is 7.14 Å². The van der Waals surface area contributed by atoms with Crippen molar-refractivity contribution < 1.29 is 16.8 Å². The summed E-state index contributed by atoms with van der Waals surface area (Å²) in [6, 6.07) is 19.8. The van der Waals surface area contributed by atoms with E-state index in [0.29, 0.717) is 9.79 Å². The van der Waals surface area contributed by atoms with Crippen molar-refractivity contribution in [2.75, 3.05) is 14.2 Å². The molecule has 0 aliphatic carbocycles. The number of rotatable bonds is 5. The van der Waals surface area contributed by atoms with E-state index in [0.717, 1.165) is 39.8 Å². The van der Waals surface area contributed by atoms with Crippen molar-refractivity contribution in [3.8, 4) is 11.1 Å². The van der Waals surface area contributed by atoms with Crippen LogP contribution in [0.4, 0.5) is 0 Å². The van der Waals surface area contributed by atoms with Crippen molar-refractivity contribution in [3.05, 3.63) is 67.8 Å². The van der Waals surface area contributed by atoms with Crippen molar-refractivity contribution in [2.45, 2.75) is 9.79 Å². The molecule has 0 aromatic heterocycles. The van der Waals surface area contributed by atoms with Gasteiger partial charge in [-0.2, -0.15) is 0 Å². The quantitative estimate of drug-likeness (QED) is 0.239. The van der Waals surface area contributed by atoms with Crippen molar-refractivity contribution in [3.63, 3.8) is 0 Å². The molecule has 0 aliphatic rings. The molecule has 0 fully saturated rings. The highest BCUT2D eigenvalue weighted by atomic mass is 127. The highest BCUT2D eigenvalue weighted by Crippen LogP contribution is 2.44. The lowest BCUT2D eigenvalue weighted by molar-refractivity contribution is 0.444. The molecule has 0 spiro atoms. The lowest BCUT2D eigenvalue weighted by Gasteiger charge is -2.20. The molecule has 4 aromatic rings. The molecule has 0 aliphatic heterocycles. The topological polar surface area (TPSA) is 52.6 Å². The van der Waals surface area contributed by atoms with E-state index in [1.54, 1.807) is 0 Å². The molecule has 0 bridgehead atoms. The summed E-state index contributed by atoms with van der Waals surface area (Å²) >= 11 is 0.991. The van der Waals surface area contributed by atoms with E-state index in [1.165, 1.54) is 14.2 Å². The Morgan fingerprint density at radius 1 is 0.667 bits per heavy atom. The Hall–Kier alpha value is -0.920. The van der Waals surface area contributed by atoms with Crippen LogP contribution in [-0.2, 0) is 30.5 Å². The van der Waals surface area contributed by atoms with Crippen LogP contribution < -0.4 is 0 Å². The monoisotopic (exact) mass is 662 g/mol. The van der Waals surface area contributed by atoms with E-state index in [9.17, 15) is 8.42 Å². The Labute approximate surface area is 206 Å². The van der Waals surface area contributed by atoms with Gasteiger partial charge in [-0.15, -0.1) is 0 Å². The zero-order valence-electron chi connectivity index (χ0n) is 16.0. The van der Waals surface area contributed by atoms with Gasteiger partial charge in [-0.05, 0) is 78.9 Å². The van der Waals surface area contributed by atoms with Gasteiger partial charge in [0, 0.05) is 18.3 Å². The van der Waals surface area contributed by atoms with Crippen LogP contribution in [0.25, 0.3) is 32.7 Å². The molecular weight excluding hydrogens is 646 g/mol. The highest BCUT2D eigenvalue weighted by molar-refractivity contribution is 14.1. The van der Waals surface area contributed by atoms with Gasteiger partial charge < -0.3 is 0 Å². The molecule has 4 rings (SSSR count). The Morgan fingerprint density at radius 3 is 1.40 bits per heavy atom. The lowest BCUT2D eigenvalue weighted by atomic mass is 9.94. The summed E-state index contributed by atoms with van der Waals surface area (Å²) in [6.07, 6.45) is 0. The van der Waals surface area contributed by atoms with Crippen molar-refractivity contribution >= 4 is 88.9 Å². The second-order valence-corrected chi connectivity index (χ2v) is 11.1. The Balaban J connectivity index is 2.32. The second-order valence-electron chi connectivity index (χ2n) is 6.37. The summed E-state index contributed by atoms with van der Waals surface area (Å²) in [5, 5.41) is 3.84. The van der Waals surface area contributed by atoms with Gasteiger partial charge in [-0.1, -0.05) is 48.5 Å². The largest absolute Gasteiger partial charge is 0.290 e. The molecule has 8 heteroatoms. The maximum atomic E-state index is 13.0. The first-order valence-electron chi connectivity index (χ1n) is 8.83. The first-order chi connectivity index (χ1) is 14.5. The summed E-state index contributed by atoms with van der Waals surface area (Å²) in [7, 11) is 2.85. The Morgan fingerprint density at radius 2 is 1.03 bits per heavy atom. The standard InChI is InChI=1S/C22H16I2O4S2/c1-27-29(25)21-17(23)11-13-7-3-5-9-15(13)19(21)20-16-10-6-4-8-14(16)12-18(24)22(20)30(26)28-2/h3-12H,1-2H3. The Kier molecular flexibility index (Phi) is 6.90. The van der Waals surface area contributed by atoms with Crippen molar-refractivity contribution in [1.29, 1.82) is 0 Å². The average molecular weight is 662 g/mol. The molecule has 4 aromatic carbocycles. The second kappa shape index (κ2) is 9.29. The molecule has 4 nitrogen and oxygen atoms in total. The molecule has 0 saturated carbocycles. The molecular formula is C22H16I2O4S2. The van der Waals surface area contributed by atoms with E-state index in [2.05, 4.69) is 45.2 Å². The number of fused-ring (bicyclic) bond motifs is 2. The van der Waals surface area contributed by atoms with Gasteiger partial charge in [0.1, 0.15) is 0 Å². The van der Waals surface area contributed by atoms with Gasteiger partial charge in [0.15, 0.2) is 22.2 Å². The van der Waals surface area contributed by atoms with Crippen LogP contribution in [0.2, 0.25) is 0 Å². The number of halogens is 2. The average Bonchev–Trinajstić information content (AvgIpc) is 2.76. The van der Waals surface area contributed by atoms with Gasteiger partial charge >= 0.3 is 0 Å². The minimum Gasteiger partial charge on any atom is -0.290 e. The van der Waals surface area contributed by atoms with Gasteiger partial charge in [-0.3, -0.25) is 8.37 Å². The summed E-state index contributed by atoms with van der Waals surface area (Å²) in [5.74, 6) is 0. The molecule has 2 unspecified atom stereocenters. The van der Waals surface area contributed by atoms with Gasteiger partial charge in [0.2, 0.25) is 0 Å². The summed E-state index contributed by atoms with van der Waals surface area (Å²) in [4.78, 5) is 1.14. The van der Waals surface area contributed by atoms with Crippen LogP contribution >= 0.6 is 45.2 Å². The zero-order chi connectivity index (χ0) is 21.4. The molecule has 2 atom stereocenters. The molecule has 154 valence electrons. The SMILES string of the molecule is COS(=O)c1c(I)cc2ccccc2c1-c1c(S(=O)OC)c(I)cc2ccccc12. The molecule has 0 N–H and O–H groups in total. The fourth-order valence-corrected chi connectivity index (χ4v) is 7.39. The van der Waals surface area contributed by atoms with Crippen LogP contribution in [0.1, 0.15) is 0 Å². The summed E-state index contributed by atoms with van der Waals surface area (Å²) in [5.41, 5.74) is 1.51. The smallest absolute Gasteiger partial charge is 0.190 e. The maximum Gasteiger partial charge on any atom is 0.190 e. The van der Waals surface area contributed by atoms with E-state index in [-0.39, 0.29) is 0 Å². The van der Waals surface area contributed by atoms with Crippen molar-refractivity contribution in [1.82, 2.24) is 0 Å². The van der Waals surface area contributed by atoms with E-state index in [4.69, 9.17) is 8.37 Å². The minimum atomic E-state index is -1.69. The third kappa shape index (κ3) is 3.86. The van der Waals surface area contributed by atoms with E-state index < -0.39 is 22.2 Å². The first-order valence-corrected chi connectivity index (χ1v) is 13.1. The van der Waals surface area contributed by atoms with Crippen LogP contribution in [0.15, 0.2) is 70.5 Å². The zero-order valence-corrected chi connectivity index (χ0v) is 21.9. The lowest BCUT2D eigenvalue weighted by Crippen LogP contribution is -2.06. The number of benzene rings is 4. The molecule has 0 heterocycles. The van der Waals surface area contributed by atoms with Crippen LogP contribution in [0.5, 0.6) is 0 Å². The highest BCUT2D eigenvalue weighted by Gasteiger charge is 2.26. The third-order valence-corrected chi connectivity index (χ3v) is 9.35. The third-order valence-electron chi connectivity index (χ3n) is 4.80. The number of hydrogen-bond acceptors (Lipinski definition) is 4. The maximum absolute atomic E-state index is 13.0. The summed E-state index contributed by atoms with van der Waals surface area (Å²) in [6.45, 7) is 0. The van der Waals surface area contributed by atoms with Crippen LogP contribution in [-0.4, -0.2) is 22.6 Å². The predicted octanol–water partition coefficient (Wildman–Crippen LogP) is 6.21. The van der Waals surface area contributed by atoms with Crippen molar-refractivity contribution in [2.24, 2.45) is 0 Å². The first kappa shape index (κ1) is 22.3. The van der Waals surface area contributed by atoms with Crippen LogP contribution in [0.3, 0.4) is 0 Å².